The van der Waals surface area contributed by atoms with E-state index in [-0.39, 0.29) is 24.0 Å². The zero-order chi connectivity index (χ0) is 17.6. The molecule has 3 rings (SSSR count). The second-order valence-corrected chi connectivity index (χ2v) is 6.63. The van der Waals surface area contributed by atoms with E-state index in [1.165, 1.54) is 5.56 Å². The summed E-state index contributed by atoms with van der Waals surface area (Å²) in [5.41, 5.74) is 1.84. The van der Waals surface area contributed by atoms with Crippen LogP contribution in [0.4, 0.5) is 0 Å². The number of pyridine rings is 1. The molecule has 1 N–H and O–H groups in total. The molecule has 1 aliphatic heterocycles. The molecule has 1 aliphatic rings. The van der Waals surface area contributed by atoms with Gasteiger partial charge in [0.2, 0.25) is 0 Å². The van der Waals surface area contributed by atoms with Crippen LogP contribution < -0.4 is 10.1 Å². The molecule has 0 saturated carbocycles. The summed E-state index contributed by atoms with van der Waals surface area (Å²) in [5.74, 6) is 0.965. The van der Waals surface area contributed by atoms with Gasteiger partial charge < -0.3 is 14.8 Å². The first-order chi connectivity index (χ1) is 12.1. The third-order valence-electron chi connectivity index (χ3n) is 4.25. The van der Waals surface area contributed by atoms with Crippen LogP contribution in [0.15, 0.2) is 48.8 Å². The van der Waals surface area contributed by atoms with Gasteiger partial charge in [-0.05, 0) is 62.2 Å². The van der Waals surface area contributed by atoms with E-state index in [4.69, 9.17) is 9.47 Å². The number of nitrogens with zero attached hydrogens (tertiary/aromatic N) is 1. The Balaban J connectivity index is 1.59. The number of hydrogen-bond donors (Lipinski definition) is 1. The van der Waals surface area contributed by atoms with E-state index in [2.05, 4.69) is 10.3 Å². The lowest BCUT2D eigenvalue weighted by Gasteiger charge is -2.19. The fraction of sp³-hybridized carbons (Fsp3) is 0.400. The number of benzene rings is 1. The summed E-state index contributed by atoms with van der Waals surface area (Å²) < 4.78 is 11.2. The van der Waals surface area contributed by atoms with Crippen molar-refractivity contribution in [3.63, 3.8) is 0 Å². The second kappa shape index (κ2) is 8.12. The van der Waals surface area contributed by atoms with Crippen molar-refractivity contribution in [3.8, 4) is 5.75 Å². The number of carbonyl (C=O) groups excluding carboxylic acids is 1. The summed E-state index contributed by atoms with van der Waals surface area (Å²) in [6.07, 6.45) is 4.57. The molecule has 0 spiro atoms. The Labute approximate surface area is 148 Å². The van der Waals surface area contributed by atoms with Crippen molar-refractivity contribution < 1.29 is 14.3 Å². The van der Waals surface area contributed by atoms with E-state index >= 15 is 0 Å². The molecule has 1 aromatic carbocycles. The second-order valence-electron chi connectivity index (χ2n) is 6.63. The van der Waals surface area contributed by atoms with Crippen LogP contribution in [0.2, 0.25) is 0 Å². The maximum absolute atomic E-state index is 12.5. The number of ether oxygens (including phenoxy) is 2. The van der Waals surface area contributed by atoms with E-state index < -0.39 is 0 Å². The smallest absolute Gasteiger partial charge is 0.251 e. The maximum Gasteiger partial charge on any atom is 0.251 e. The van der Waals surface area contributed by atoms with Crippen LogP contribution in [0.3, 0.4) is 0 Å². The van der Waals surface area contributed by atoms with Gasteiger partial charge in [0, 0.05) is 23.9 Å². The van der Waals surface area contributed by atoms with Crippen LogP contribution in [0.1, 0.15) is 29.8 Å². The molecular weight excluding hydrogens is 316 g/mol. The number of nitrogens with one attached hydrogen (secondary N) is 1. The molecule has 0 radical (unpaired) electrons. The van der Waals surface area contributed by atoms with Crippen molar-refractivity contribution in [2.75, 3.05) is 13.2 Å². The van der Waals surface area contributed by atoms with Crippen molar-refractivity contribution in [1.82, 2.24) is 10.3 Å². The molecule has 5 heteroatoms. The molecule has 0 bridgehead atoms. The summed E-state index contributed by atoms with van der Waals surface area (Å²) in [6.45, 7) is 5.16. The van der Waals surface area contributed by atoms with Gasteiger partial charge in [0.05, 0.1) is 25.4 Å². The summed E-state index contributed by atoms with van der Waals surface area (Å²) in [6, 6.07) is 11.3. The monoisotopic (exact) mass is 340 g/mol. The van der Waals surface area contributed by atoms with Gasteiger partial charge in [-0.25, -0.2) is 0 Å². The minimum absolute atomic E-state index is 0.0206. The molecule has 2 heterocycles. The van der Waals surface area contributed by atoms with Gasteiger partial charge in [0.15, 0.2) is 0 Å². The quantitative estimate of drug-likeness (QED) is 0.878. The number of aromatic nitrogens is 1. The normalized spacial score (nSPS) is 19.8. The molecule has 1 amide bonds. The van der Waals surface area contributed by atoms with Crippen LogP contribution in [-0.4, -0.2) is 36.3 Å². The van der Waals surface area contributed by atoms with Crippen LogP contribution in [-0.2, 0) is 11.2 Å². The minimum Gasteiger partial charge on any atom is -0.491 e. The Morgan fingerprint density at radius 2 is 1.92 bits per heavy atom. The van der Waals surface area contributed by atoms with Crippen LogP contribution in [0, 0.1) is 5.92 Å². The lowest BCUT2D eigenvalue weighted by atomic mass is 9.95. The van der Waals surface area contributed by atoms with E-state index in [1.54, 1.807) is 24.5 Å². The van der Waals surface area contributed by atoms with Crippen molar-refractivity contribution in [3.05, 3.63) is 59.9 Å². The number of carbonyl (C=O) groups is 1. The molecule has 0 aliphatic carbocycles. The van der Waals surface area contributed by atoms with E-state index in [1.807, 2.05) is 38.1 Å². The highest BCUT2D eigenvalue weighted by Crippen LogP contribution is 2.20. The highest BCUT2D eigenvalue weighted by Gasteiger charge is 2.29. The van der Waals surface area contributed by atoms with Crippen LogP contribution >= 0.6 is 0 Å². The van der Waals surface area contributed by atoms with E-state index in [9.17, 15) is 4.79 Å². The van der Waals surface area contributed by atoms with Gasteiger partial charge >= 0.3 is 0 Å². The Morgan fingerprint density at radius 1 is 1.20 bits per heavy atom. The molecule has 25 heavy (non-hydrogen) atoms. The fourth-order valence-electron chi connectivity index (χ4n) is 2.99. The van der Waals surface area contributed by atoms with Crippen LogP contribution in [0.5, 0.6) is 5.75 Å². The van der Waals surface area contributed by atoms with Gasteiger partial charge in [-0.3, -0.25) is 9.78 Å². The van der Waals surface area contributed by atoms with Crippen molar-refractivity contribution >= 4 is 5.91 Å². The lowest BCUT2D eigenvalue weighted by molar-refractivity contribution is 0.0925. The van der Waals surface area contributed by atoms with Gasteiger partial charge in [-0.2, -0.15) is 0 Å². The standard InChI is InChI=1S/C20H24N2O3/c1-14(2)25-18-5-3-16(4-6-18)20(23)22-19-13-24-12-17(19)11-15-7-9-21-10-8-15/h3-10,14,17,19H,11-13H2,1-2H3,(H,22,23). The molecule has 5 nitrogen and oxygen atoms in total. The average molecular weight is 340 g/mol. The molecule has 1 fully saturated rings. The topological polar surface area (TPSA) is 60.5 Å². The molecular formula is C20H24N2O3. The molecule has 2 aromatic rings. The first kappa shape index (κ1) is 17.4. The van der Waals surface area contributed by atoms with Gasteiger partial charge in [0.1, 0.15) is 5.75 Å². The van der Waals surface area contributed by atoms with E-state index in [0.29, 0.717) is 18.8 Å². The number of hydrogen-bond acceptors (Lipinski definition) is 4. The predicted octanol–water partition coefficient (Wildman–Crippen LogP) is 2.86. The maximum atomic E-state index is 12.5. The first-order valence-corrected chi connectivity index (χ1v) is 8.66. The molecule has 1 aromatic heterocycles. The number of rotatable bonds is 6. The van der Waals surface area contributed by atoms with E-state index in [0.717, 1.165) is 12.2 Å². The summed E-state index contributed by atoms with van der Waals surface area (Å²) >= 11 is 0. The zero-order valence-corrected chi connectivity index (χ0v) is 14.6. The van der Waals surface area contributed by atoms with Crippen LogP contribution in [0.25, 0.3) is 0 Å². The minimum atomic E-state index is -0.0775. The number of amides is 1. The largest absolute Gasteiger partial charge is 0.491 e. The highest BCUT2D eigenvalue weighted by molar-refractivity contribution is 5.94. The van der Waals surface area contributed by atoms with Gasteiger partial charge in [-0.1, -0.05) is 0 Å². The summed E-state index contributed by atoms with van der Waals surface area (Å²) in [4.78, 5) is 16.6. The Morgan fingerprint density at radius 3 is 2.60 bits per heavy atom. The zero-order valence-electron chi connectivity index (χ0n) is 14.6. The van der Waals surface area contributed by atoms with Crippen molar-refractivity contribution in [2.45, 2.75) is 32.4 Å². The molecule has 2 unspecified atom stereocenters. The summed E-state index contributed by atoms with van der Waals surface area (Å²) in [5, 5.41) is 3.11. The third-order valence-corrected chi connectivity index (χ3v) is 4.25. The molecule has 1 saturated heterocycles. The lowest BCUT2D eigenvalue weighted by Crippen LogP contribution is -2.40. The Hall–Kier alpha value is -2.40. The fourth-order valence-corrected chi connectivity index (χ4v) is 2.99. The average Bonchev–Trinajstić information content (AvgIpc) is 3.02. The first-order valence-electron chi connectivity index (χ1n) is 8.66. The van der Waals surface area contributed by atoms with Crippen molar-refractivity contribution in [1.29, 1.82) is 0 Å². The molecule has 2 atom stereocenters. The van der Waals surface area contributed by atoms with Gasteiger partial charge in [0.25, 0.3) is 5.91 Å². The highest BCUT2D eigenvalue weighted by atomic mass is 16.5. The third kappa shape index (κ3) is 4.79. The SMILES string of the molecule is CC(C)Oc1ccc(C(=O)NC2COCC2Cc2ccncc2)cc1. The van der Waals surface area contributed by atoms with Gasteiger partial charge in [-0.15, -0.1) is 0 Å². The molecule has 132 valence electrons. The van der Waals surface area contributed by atoms with Crippen molar-refractivity contribution in [2.24, 2.45) is 5.92 Å². The predicted molar refractivity (Wildman–Crippen MR) is 95.7 cm³/mol. The Kier molecular flexibility index (Phi) is 5.66. The Bertz CT molecular complexity index is 686. The summed E-state index contributed by atoms with van der Waals surface area (Å²) in [7, 11) is 0.